The zero-order valence-corrected chi connectivity index (χ0v) is 11.7. The van der Waals surface area contributed by atoms with Crippen LogP contribution in [0.2, 0.25) is 0 Å². The Labute approximate surface area is 112 Å². The lowest BCUT2D eigenvalue weighted by atomic mass is 9.95. The molecule has 1 aromatic carbocycles. The molecule has 1 aromatic rings. The SMILES string of the molecule is CC(=O)C(C)C(=O)c1cc(C)ccc1S(F)(F)(F)(F)F. The summed E-state index contributed by atoms with van der Waals surface area (Å²) in [6, 6.07) is 1.77. The quantitative estimate of drug-likeness (QED) is 0.442. The zero-order chi connectivity index (χ0) is 16.0. The van der Waals surface area contributed by atoms with Crippen molar-refractivity contribution in [3.63, 3.8) is 0 Å². The molecule has 0 N–H and O–H groups in total. The standard InChI is InChI=1S/C12H13F5O2S/c1-7-4-5-11(20(13,14,15,16)17)10(6-7)12(19)8(2)9(3)18/h4-6,8H,1-3H3. The molecule has 1 atom stereocenters. The summed E-state index contributed by atoms with van der Waals surface area (Å²) in [6.45, 7) is 3.46. The van der Waals surface area contributed by atoms with E-state index in [9.17, 15) is 29.0 Å². The third-order valence-electron chi connectivity index (χ3n) is 2.82. The molecule has 0 saturated heterocycles. The minimum Gasteiger partial charge on any atom is -0.299 e. The highest BCUT2D eigenvalue weighted by Crippen LogP contribution is 3.02. The molecule has 1 rings (SSSR count). The maximum Gasteiger partial charge on any atom is 0.311 e. The highest BCUT2D eigenvalue weighted by atomic mass is 32.5. The summed E-state index contributed by atoms with van der Waals surface area (Å²) in [6.07, 6.45) is 0. The van der Waals surface area contributed by atoms with Gasteiger partial charge in [-0.25, -0.2) is 0 Å². The summed E-state index contributed by atoms with van der Waals surface area (Å²) in [5.41, 5.74) is -0.943. The highest BCUT2D eigenvalue weighted by Gasteiger charge is 2.67. The van der Waals surface area contributed by atoms with Crippen LogP contribution in [0.3, 0.4) is 0 Å². The molecule has 0 aliphatic carbocycles. The van der Waals surface area contributed by atoms with Gasteiger partial charge in [-0.05, 0) is 32.9 Å². The Morgan fingerprint density at radius 3 is 2.00 bits per heavy atom. The fourth-order valence-electron chi connectivity index (χ4n) is 1.59. The molecule has 0 aliphatic heterocycles. The largest absolute Gasteiger partial charge is 0.311 e. The van der Waals surface area contributed by atoms with Gasteiger partial charge in [-0.15, -0.1) is 0 Å². The van der Waals surface area contributed by atoms with E-state index in [1.807, 2.05) is 0 Å². The molecule has 0 saturated carbocycles. The minimum atomic E-state index is -9.99. The lowest BCUT2D eigenvalue weighted by molar-refractivity contribution is -0.118. The fourth-order valence-corrected chi connectivity index (χ4v) is 2.49. The molecule has 114 valence electrons. The Morgan fingerprint density at radius 1 is 1.10 bits per heavy atom. The fraction of sp³-hybridized carbons (Fsp3) is 0.333. The monoisotopic (exact) mass is 316 g/mol. The van der Waals surface area contributed by atoms with Crippen molar-refractivity contribution in [2.75, 3.05) is 0 Å². The summed E-state index contributed by atoms with van der Waals surface area (Å²) >= 11 is 0. The molecule has 0 aliphatic rings. The maximum atomic E-state index is 12.9. The first-order valence-corrected chi connectivity index (χ1v) is 7.48. The highest BCUT2D eigenvalue weighted by molar-refractivity contribution is 8.45. The van der Waals surface area contributed by atoms with Gasteiger partial charge in [0, 0.05) is 5.56 Å². The van der Waals surface area contributed by atoms with Crippen molar-refractivity contribution >= 4 is 21.8 Å². The molecule has 0 fully saturated rings. The van der Waals surface area contributed by atoms with Crippen molar-refractivity contribution in [3.05, 3.63) is 29.3 Å². The Morgan fingerprint density at radius 2 is 1.60 bits per heavy atom. The van der Waals surface area contributed by atoms with Crippen LogP contribution in [0.5, 0.6) is 0 Å². The van der Waals surface area contributed by atoms with Crippen LogP contribution in [0.4, 0.5) is 19.4 Å². The van der Waals surface area contributed by atoms with Gasteiger partial charge in [0.05, 0.1) is 5.92 Å². The second-order valence-corrected chi connectivity index (χ2v) is 7.04. The second-order valence-electron chi connectivity index (χ2n) is 4.67. The van der Waals surface area contributed by atoms with E-state index in [-0.39, 0.29) is 11.6 Å². The van der Waals surface area contributed by atoms with Crippen LogP contribution in [0, 0.1) is 12.8 Å². The summed E-state index contributed by atoms with van der Waals surface area (Å²) in [5, 5.41) is 0. The number of Topliss-reactive ketones (excluding diaryl/α,β-unsaturated/α-hetero) is 2. The van der Waals surface area contributed by atoms with Gasteiger partial charge in [0.1, 0.15) is 10.7 Å². The maximum absolute atomic E-state index is 12.9. The van der Waals surface area contributed by atoms with Crippen molar-refractivity contribution in [3.8, 4) is 0 Å². The smallest absolute Gasteiger partial charge is 0.299 e. The van der Waals surface area contributed by atoms with E-state index in [0.29, 0.717) is 0 Å². The van der Waals surface area contributed by atoms with Gasteiger partial charge in [0.25, 0.3) is 0 Å². The summed E-state index contributed by atoms with van der Waals surface area (Å²) < 4.78 is 64.6. The number of aryl methyl sites for hydroxylation is 1. The van der Waals surface area contributed by atoms with Crippen LogP contribution >= 0.6 is 10.2 Å². The van der Waals surface area contributed by atoms with Crippen molar-refractivity contribution in [2.24, 2.45) is 5.92 Å². The lowest BCUT2D eigenvalue weighted by Crippen LogP contribution is -2.22. The summed E-state index contributed by atoms with van der Waals surface area (Å²) in [5.74, 6) is -3.36. The third kappa shape index (κ3) is 3.56. The first-order valence-electron chi connectivity index (χ1n) is 5.53. The molecular formula is C12H13F5O2S. The first-order chi connectivity index (χ1) is 8.63. The Balaban J connectivity index is 3.61. The lowest BCUT2D eigenvalue weighted by Gasteiger charge is -2.41. The Kier molecular flexibility index (Phi) is 3.35. The van der Waals surface area contributed by atoms with Crippen LogP contribution < -0.4 is 0 Å². The topological polar surface area (TPSA) is 34.1 Å². The van der Waals surface area contributed by atoms with Crippen LogP contribution in [0.1, 0.15) is 29.8 Å². The van der Waals surface area contributed by atoms with E-state index in [4.69, 9.17) is 0 Å². The molecule has 8 heteroatoms. The van der Waals surface area contributed by atoms with E-state index in [1.165, 1.54) is 6.92 Å². The average molecular weight is 316 g/mol. The second kappa shape index (κ2) is 4.03. The molecule has 0 radical (unpaired) electrons. The third-order valence-corrected chi connectivity index (χ3v) is 4.01. The van der Waals surface area contributed by atoms with Crippen LogP contribution in [-0.4, -0.2) is 11.6 Å². The van der Waals surface area contributed by atoms with E-state index >= 15 is 0 Å². The van der Waals surface area contributed by atoms with Gasteiger partial charge in [0.15, 0.2) is 5.78 Å². The van der Waals surface area contributed by atoms with Crippen LogP contribution in [-0.2, 0) is 4.79 Å². The van der Waals surface area contributed by atoms with Crippen molar-refractivity contribution in [2.45, 2.75) is 25.7 Å². The number of carbonyl (C=O) groups is 2. The van der Waals surface area contributed by atoms with E-state index in [2.05, 4.69) is 0 Å². The van der Waals surface area contributed by atoms with Gasteiger partial charge < -0.3 is 0 Å². The Hall–Kier alpha value is -1.44. The van der Waals surface area contributed by atoms with E-state index in [0.717, 1.165) is 26.0 Å². The van der Waals surface area contributed by atoms with Crippen molar-refractivity contribution in [1.29, 1.82) is 0 Å². The molecule has 0 heterocycles. The summed E-state index contributed by atoms with van der Waals surface area (Å²) in [7, 11) is -9.99. The zero-order valence-electron chi connectivity index (χ0n) is 10.9. The summed E-state index contributed by atoms with van der Waals surface area (Å²) in [4.78, 5) is 20.7. The van der Waals surface area contributed by atoms with Crippen LogP contribution in [0.25, 0.3) is 0 Å². The Bertz CT molecular complexity index is 591. The average Bonchev–Trinajstić information content (AvgIpc) is 2.23. The number of hydrogen-bond donors (Lipinski definition) is 0. The number of carbonyl (C=O) groups excluding carboxylic acids is 2. The molecule has 0 amide bonds. The van der Waals surface area contributed by atoms with E-state index < -0.39 is 38.2 Å². The minimum absolute atomic E-state index is 0.191. The predicted molar refractivity (Wildman–Crippen MR) is 66.8 cm³/mol. The van der Waals surface area contributed by atoms with Gasteiger partial charge in [-0.2, -0.15) is 0 Å². The number of ketones is 2. The number of hydrogen-bond acceptors (Lipinski definition) is 2. The normalized spacial score (nSPS) is 17.0. The molecule has 0 spiro atoms. The number of benzene rings is 1. The molecule has 0 aromatic heterocycles. The first kappa shape index (κ1) is 16.6. The predicted octanol–water partition coefficient (Wildman–Crippen LogP) is 5.06. The van der Waals surface area contributed by atoms with Gasteiger partial charge in [0.2, 0.25) is 0 Å². The van der Waals surface area contributed by atoms with Gasteiger partial charge >= 0.3 is 10.2 Å². The molecule has 2 nitrogen and oxygen atoms in total. The van der Waals surface area contributed by atoms with Crippen molar-refractivity contribution < 1.29 is 29.0 Å². The van der Waals surface area contributed by atoms with Crippen LogP contribution in [0.15, 0.2) is 23.1 Å². The van der Waals surface area contributed by atoms with Crippen molar-refractivity contribution in [1.82, 2.24) is 0 Å². The van der Waals surface area contributed by atoms with Gasteiger partial charge in [-0.3, -0.25) is 9.59 Å². The number of halogens is 5. The van der Waals surface area contributed by atoms with Gasteiger partial charge in [-0.1, -0.05) is 31.1 Å². The molecule has 1 unspecified atom stereocenters. The molecular weight excluding hydrogens is 303 g/mol. The van der Waals surface area contributed by atoms with E-state index in [1.54, 1.807) is 0 Å². The molecule has 0 bridgehead atoms. The number of rotatable bonds is 4. The molecule has 20 heavy (non-hydrogen) atoms.